The summed E-state index contributed by atoms with van der Waals surface area (Å²) >= 11 is 0. The highest BCUT2D eigenvalue weighted by Crippen LogP contribution is 2.15. The van der Waals surface area contributed by atoms with Crippen LogP contribution in [0.3, 0.4) is 0 Å². The highest BCUT2D eigenvalue weighted by atomic mass is 32.2. The van der Waals surface area contributed by atoms with Gasteiger partial charge in [0.15, 0.2) is 0 Å². The average Bonchev–Trinajstić information content (AvgIpc) is 2.38. The number of aryl methyl sites for hydroxylation is 1. The number of hydrogen-bond acceptors (Lipinski definition) is 5. The normalized spacial score (nSPS) is 21.5. The molecule has 0 bridgehead atoms. The summed E-state index contributed by atoms with van der Waals surface area (Å²) in [4.78, 5) is 2.24. The zero-order valence-corrected chi connectivity index (χ0v) is 12.0. The third-order valence-electron chi connectivity index (χ3n) is 3.25. The van der Waals surface area contributed by atoms with Gasteiger partial charge in [0.25, 0.3) is 10.1 Å². The van der Waals surface area contributed by atoms with Gasteiger partial charge in [-0.3, -0.25) is 9.08 Å². The Morgan fingerprint density at radius 1 is 1.37 bits per heavy atom. The van der Waals surface area contributed by atoms with Crippen LogP contribution in [0.25, 0.3) is 0 Å². The summed E-state index contributed by atoms with van der Waals surface area (Å²) in [6.07, 6.45) is 0. The van der Waals surface area contributed by atoms with E-state index in [-0.39, 0.29) is 17.5 Å². The summed E-state index contributed by atoms with van der Waals surface area (Å²) in [7, 11) is -1.74. The molecule has 1 fully saturated rings. The van der Waals surface area contributed by atoms with Crippen LogP contribution in [-0.4, -0.2) is 52.8 Å². The maximum Gasteiger partial charge on any atom is 0.297 e. The Balaban J connectivity index is 1.99. The molecule has 2 rings (SSSR count). The van der Waals surface area contributed by atoms with Crippen molar-refractivity contribution in [3.63, 3.8) is 0 Å². The Hall–Kier alpha value is -0.950. The van der Waals surface area contributed by atoms with E-state index in [1.807, 2.05) is 18.9 Å². The van der Waals surface area contributed by atoms with Crippen molar-refractivity contribution in [2.45, 2.75) is 17.9 Å². The largest absolute Gasteiger partial charge is 0.378 e. The zero-order chi connectivity index (χ0) is 13.9. The van der Waals surface area contributed by atoms with Crippen LogP contribution in [0.4, 0.5) is 0 Å². The molecule has 1 heterocycles. The van der Waals surface area contributed by atoms with Crippen LogP contribution in [0.2, 0.25) is 0 Å². The van der Waals surface area contributed by atoms with Crippen LogP contribution in [0.5, 0.6) is 0 Å². The van der Waals surface area contributed by atoms with Crippen molar-refractivity contribution in [2.75, 3.05) is 33.4 Å². The summed E-state index contributed by atoms with van der Waals surface area (Å²) in [6.45, 7) is 3.99. The van der Waals surface area contributed by atoms with Gasteiger partial charge in [-0.25, -0.2) is 0 Å². The Morgan fingerprint density at radius 3 is 2.68 bits per heavy atom. The first-order chi connectivity index (χ1) is 8.99. The van der Waals surface area contributed by atoms with Gasteiger partial charge >= 0.3 is 0 Å². The second-order valence-corrected chi connectivity index (χ2v) is 6.38. The fourth-order valence-corrected chi connectivity index (χ4v) is 2.80. The van der Waals surface area contributed by atoms with Gasteiger partial charge in [0, 0.05) is 6.54 Å². The molecule has 1 aromatic carbocycles. The predicted molar refractivity (Wildman–Crippen MR) is 71.6 cm³/mol. The van der Waals surface area contributed by atoms with E-state index >= 15 is 0 Å². The van der Waals surface area contributed by atoms with Gasteiger partial charge in [-0.05, 0) is 26.1 Å². The van der Waals surface area contributed by atoms with Crippen molar-refractivity contribution in [1.29, 1.82) is 0 Å². The molecule has 0 amide bonds. The molecule has 0 radical (unpaired) electrons. The molecule has 19 heavy (non-hydrogen) atoms. The molecule has 1 aliphatic heterocycles. The van der Waals surface area contributed by atoms with E-state index in [1.54, 1.807) is 24.3 Å². The molecule has 1 aliphatic rings. The number of benzene rings is 1. The molecule has 5 nitrogen and oxygen atoms in total. The fraction of sp³-hybridized carbons (Fsp3) is 0.538. The molecule has 0 N–H and O–H groups in total. The molecular formula is C13H19NO4S. The summed E-state index contributed by atoms with van der Waals surface area (Å²) in [6, 6.07) is 6.62. The molecule has 1 unspecified atom stereocenters. The van der Waals surface area contributed by atoms with Crippen molar-refractivity contribution in [3.05, 3.63) is 29.8 Å². The highest BCUT2D eigenvalue weighted by Gasteiger charge is 2.23. The van der Waals surface area contributed by atoms with E-state index < -0.39 is 10.1 Å². The van der Waals surface area contributed by atoms with Gasteiger partial charge < -0.3 is 4.74 Å². The van der Waals surface area contributed by atoms with Crippen LogP contribution < -0.4 is 0 Å². The minimum atomic E-state index is -3.68. The highest BCUT2D eigenvalue weighted by molar-refractivity contribution is 7.86. The topological polar surface area (TPSA) is 55.8 Å². The number of rotatable bonds is 4. The Kier molecular flexibility index (Phi) is 4.57. The van der Waals surface area contributed by atoms with Crippen molar-refractivity contribution in [2.24, 2.45) is 0 Å². The zero-order valence-electron chi connectivity index (χ0n) is 11.2. The SMILES string of the molecule is Cc1ccc(S(=O)(=O)OCC2COCCN2C)cc1. The van der Waals surface area contributed by atoms with Gasteiger partial charge in [0.2, 0.25) is 0 Å². The van der Waals surface area contributed by atoms with Crippen molar-refractivity contribution >= 4 is 10.1 Å². The maximum atomic E-state index is 12.0. The Bertz CT molecular complexity index is 512. The van der Waals surface area contributed by atoms with Gasteiger partial charge in [-0.2, -0.15) is 8.42 Å². The second kappa shape index (κ2) is 6.00. The van der Waals surface area contributed by atoms with Gasteiger partial charge in [0.1, 0.15) is 0 Å². The molecule has 6 heteroatoms. The third-order valence-corrected chi connectivity index (χ3v) is 4.54. The number of hydrogen-bond donors (Lipinski definition) is 0. The Morgan fingerprint density at radius 2 is 2.05 bits per heavy atom. The van der Waals surface area contributed by atoms with Gasteiger partial charge in [-0.15, -0.1) is 0 Å². The van der Waals surface area contributed by atoms with Crippen molar-refractivity contribution < 1.29 is 17.3 Å². The Labute approximate surface area is 114 Å². The predicted octanol–water partition coefficient (Wildman–Crippen LogP) is 1.03. The van der Waals surface area contributed by atoms with E-state index in [0.717, 1.165) is 12.1 Å². The first-order valence-electron chi connectivity index (χ1n) is 6.23. The molecule has 0 saturated carbocycles. The van der Waals surface area contributed by atoms with Crippen LogP contribution in [0.15, 0.2) is 29.2 Å². The van der Waals surface area contributed by atoms with Gasteiger partial charge in [0.05, 0.1) is 30.8 Å². The lowest BCUT2D eigenvalue weighted by molar-refractivity contribution is -0.00984. The van der Waals surface area contributed by atoms with E-state index in [1.165, 1.54) is 0 Å². The summed E-state index contributed by atoms with van der Waals surface area (Å²) in [5.74, 6) is 0. The van der Waals surface area contributed by atoms with E-state index in [0.29, 0.717) is 13.2 Å². The molecule has 0 spiro atoms. The van der Waals surface area contributed by atoms with E-state index in [4.69, 9.17) is 8.92 Å². The first kappa shape index (κ1) is 14.5. The molecule has 0 aromatic heterocycles. The molecule has 106 valence electrons. The quantitative estimate of drug-likeness (QED) is 0.773. The van der Waals surface area contributed by atoms with Gasteiger partial charge in [-0.1, -0.05) is 17.7 Å². The van der Waals surface area contributed by atoms with Crippen molar-refractivity contribution in [1.82, 2.24) is 4.90 Å². The lowest BCUT2D eigenvalue weighted by atomic mass is 10.2. The fourth-order valence-electron chi connectivity index (χ4n) is 1.85. The summed E-state index contributed by atoms with van der Waals surface area (Å²) < 4.78 is 34.5. The van der Waals surface area contributed by atoms with Crippen molar-refractivity contribution in [3.8, 4) is 0 Å². The van der Waals surface area contributed by atoms with Crippen LogP contribution in [0.1, 0.15) is 5.56 Å². The smallest absolute Gasteiger partial charge is 0.297 e. The molecule has 0 aliphatic carbocycles. The van der Waals surface area contributed by atoms with E-state index in [2.05, 4.69) is 0 Å². The molecule has 1 aromatic rings. The van der Waals surface area contributed by atoms with Crippen LogP contribution >= 0.6 is 0 Å². The lowest BCUT2D eigenvalue weighted by Crippen LogP contribution is -2.45. The minimum Gasteiger partial charge on any atom is -0.378 e. The third kappa shape index (κ3) is 3.76. The number of ether oxygens (including phenoxy) is 1. The first-order valence-corrected chi connectivity index (χ1v) is 7.64. The molecule has 1 saturated heterocycles. The standard InChI is InChI=1S/C13H19NO4S/c1-11-3-5-13(6-4-11)19(15,16)18-10-12-9-17-8-7-14(12)2/h3-6,12H,7-10H2,1-2H3. The summed E-state index contributed by atoms with van der Waals surface area (Å²) in [5.41, 5.74) is 1.01. The average molecular weight is 285 g/mol. The molecular weight excluding hydrogens is 266 g/mol. The van der Waals surface area contributed by atoms with E-state index in [9.17, 15) is 8.42 Å². The summed E-state index contributed by atoms with van der Waals surface area (Å²) in [5, 5.41) is 0. The number of nitrogens with zero attached hydrogens (tertiary/aromatic N) is 1. The number of morpholine rings is 1. The minimum absolute atomic E-state index is 0.0195. The van der Waals surface area contributed by atoms with Crippen LogP contribution in [-0.2, 0) is 19.0 Å². The maximum absolute atomic E-state index is 12.0. The molecule has 1 atom stereocenters. The second-order valence-electron chi connectivity index (χ2n) is 4.76. The number of likely N-dealkylation sites (N-methyl/N-ethyl adjacent to an activating group) is 1. The van der Waals surface area contributed by atoms with Crippen LogP contribution in [0, 0.1) is 6.92 Å². The lowest BCUT2D eigenvalue weighted by Gasteiger charge is -2.31. The monoisotopic (exact) mass is 285 g/mol.